The van der Waals surface area contributed by atoms with E-state index in [1.807, 2.05) is 41.0 Å². The summed E-state index contributed by atoms with van der Waals surface area (Å²) in [6.45, 7) is 4.14. The van der Waals surface area contributed by atoms with Crippen LogP contribution in [-0.4, -0.2) is 36.3 Å². The second kappa shape index (κ2) is 7.10. The molecule has 2 aliphatic rings. The van der Waals surface area contributed by atoms with Crippen LogP contribution in [0.4, 0.5) is 5.69 Å². The van der Waals surface area contributed by atoms with Gasteiger partial charge in [-0.25, -0.2) is 0 Å². The van der Waals surface area contributed by atoms with E-state index in [4.69, 9.17) is 0 Å². The number of fused-ring (bicyclic) bond motifs is 1. The third-order valence-electron chi connectivity index (χ3n) is 5.72. The van der Waals surface area contributed by atoms with Gasteiger partial charge in [-0.05, 0) is 44.1 Å². The Hall–Kier alpha value is -2.36. The maximum absolute atomic E-state index is 13.2. The lowest BCUT2D eigenvalue weighted by molar-refractivity contribution is -0.136. The largest absolute Gasteiger partial charge is 0.342 e. The maximum Gasteiger partial charge on any atom is 0.230 e. The van der Waals surface area contributed by atoms with E-state index in [0.29, 0.717) is 12.5 Å². The zero-order chi connectivity index (χ0) is 18.1. The summed E-state index contributed by atoms with van der Waals surface area (Å²) >= 11 is 0. The highest BCUT2D eigenvalue weighted by molar-refractivity contribution is 6.04. The van der Waals surface area contributed by atoms with Crippen molar-refractivity contribution in [1.82, 2.24) is 4.90 Å². The molecule has 2 aromatic carbocycles. The minimum Gasteiger partial charge on any atom is -0.342 e. The topological polar surface area (TPSA) is 40.6 Å². The lowest BCUT2D eigenvalue weighted by Crippen LogP contribution is -2.45. The summed E-state index contributed by atoms with van der Waals surface area (Å²) in [6, 6.07) is 14.3. The van der Waals surface area contributed by atoms with Crippen LogP contribution in [0.5, 0.6) is 0 Å². The third-order valence-corrected chi connectivity index (χ3v) is 5.72. The summed E-state index contributed by atoms with van der Waals surface area (Å²) < 4.78 is 0. The Bertz CT molecular complexity index is 815. The maximum atomic E-state index is 13.2. The Labute approximate surface area is 154 Å². The average molecular weight is 350 g/mol. The first kappa shape index (κ1) is 17.1. The highest BCUT2D eigenvalue weighted by atomic mass is 16.2. The molecule has 0 atom stereocenters. The number of hydrogen-bond donors (Lipinski definition) is 0. The van der Waals surface area contributed by atoms with Crippen molar-refractivity contribution in [3.05, 3.63) is 42.5 Å². The number of likely N-dealkylation sites (tertiary alicyclic amines) is 1. The normalized spacial score (nSPS) is 18.1. The molecule has 1 heterocycles. The molecule has 2 fully saturated rings. The van der Waals surface area contributed by atoms with Gasteiger partial charge < -0.3 is 9.80 Å². The van der Waals surface area contributed by atoms with Crippen LogP contribution in [0.1, 0.15) is 32.6 Å². The van der Waals surface area contributed by atoms with Gasteiger partial charge in [-0.3, -0.25) is 9.59 Å². The number of benzene rings is 2. The molecule has 2 amide bonds. The van der Waals surface area contributed by atoms with Crippen molar-refractivity contribution in [2.24, 2.45) is 11.8 Å². The summed E-state index contributed by atoms with van der Waals surface area (Å²) in [4.78, 5) is 29.3. The van der Waals surface area contributed by atoms with Gasteiger partial charge in [0.2, 0.25) is 11.8 Å². The fourth-order valence-corrected chi connectivity index (χ4v) is 4.04. The van der Waals surface area contributed by atoms with Crippen LogP contribution in [0, 0.1) is 11.8 Å². The predicted molar refractivity (Wildman–Crippen MR) is 104 cm³/mol. The molecule has 0 N–H and O–H groups in total. The Morgan fingerprint density at radius 3 is 2.35 bits per heavy atom. The molecule has 1 saturated heterocycles. The molecule has 0 aromatic heterocycles. The van der Waals surface area contributed by atoms with Crippen molar-refractivity contribution in [1.29, 1.82) is 0 Å². The number of amides is 2. The van der Waals surface area contributed by atoms with Crippen molar-refractivity contribution < 1.29 is 9.59 Å². The molecule has 136 valence electrons. The first-order valence-corrected chi connectivity index (χ1v) is 9.77. The molecule has 0 unspecified atom stereocenters. The lowest BCUT2D eigenvalue weighted by Gasteiger charge is -2.34. The molecule has 0 bridgehead atoms. The number of hydrogen-bond acceptors (Lipinski definition) is 2. The van der Waals surface area contributed by atoms with E-state index in [2.05, 4.69) is 18.2 Å². The SMILES string of the molecule is CCN(C(=O)C1CCN(C(=O)C2CC2)CC1)c1cccc2ccccc12. The second-order valence-corrected chi connectivity index (χ2v) is 7.45. The number of carbonyl (C=O) groups is 2. The molecular weight excluding hydrogens is 324 g/mol. The van der Waals surface area contributed by atoms with Crippen molar-refractivity contribution in [3.8, 4) is 0 Å². The number of nitrogens with zero attached hydrogens (tertiary/aromatic N) is 2. The van der Waals surface area contributed by atoms with Crippen LogP contribution in [-0.2, 0) is 9.59 Å². The quantitative estimate of drug-likeness (QED) is 0.840. The first-order chi connectivity index (χ1) is 12.7. The van der Waals surface area contributed by atoms with Crippen LogP contribution in [0.2, 0.25) is 0 Å². The molecule has 26 heavy (non-hydrogen) atoms. The number of carbonyl (C=O) groups excluding carboxylic acids is 2. The van der Waals surface area contributed by atoms with Crippen molar-refractivity contribution in [3.63, 3.8) is 0 Å². The lowest BCUT2D eigenvalue weighted by atomic mass is 9.94. The zero-order valence-electron chi connectivity index (χ0n) is 15.4. The second-order valence-electron chi connectivity index (χ2n) is 7.45. The predicted octanol–water partition coefficient (Wildman–Crippen LogP) is 3.84. The van der Waals surface area contributed by atoms with Gasteiger partial charge in [0.15, 0.2) is 0 Å². The van der Waals surface area contributed by atoms with Gasteiger partial charge in [0.05, 0.1) is 5.69 Å². The van der Waals surface area contributed by atoms with Crippen molar-refractivity contribution >= 4 is 28.3 Å². The van der Waals surface area contributed by atoms with Crippen LogP contribution in [0.3, 0.4) is 0 Å². The molecule has 0 spiro atoms. The third kappa shape index (κ3) is 3.20. The smallest absolute Gasteiger partial charge is 0.230 e. The summed E-state index contributed by atoms with van der Waals surface area (Å²) in [6.07, 6.45) is 3.64. The van der Waals surface area contributed by atoms with E-state index in [0.717, 1.165) is 55.2 Å². The number of rotatable bonds is 4. The summed E-state index contributed by atoms with van der Waals surface area (Å²) in [5.74, 6) is 0.780. The molecule has 4 nitrogen and oxygen atoms in total. The molecule has 1 aliphatic heterocycles. The van der Waals surface area contributed by atoms with E-state index in [1.165, 1.54) is 0 Å². The van der Waals surface area contributed by atoms with E-state index < -0.39 is 0 Å². The molecule has 2 aromatic rings. The fourth-order valence-electron chi connectivity index (χ4n) is 4.04. The first-order valence-electron chi connectivity index (χ1n) is 9.77. The van der Waals surface area contributed by atoms with Gasteiger partial charge in [-0.1, -0.05) is 36.4 Å². The standard InChI is InChI=1S/C22H26N2O2/c1-2-24(20-9-5-7-16-6-3-4-8-19(16)20)22(26)18-12-14-23(15-13-18)21(25)17-10-11-17/h3-9,17-18H,2,10-15H2,1H3. The van der Waals surface area contributed by atoms with E-state index in [1.54, 1.807) is 0 Å². The average Bonchev–Trinajstić information content (AvgIpc) is 3.53. The molecule has 0 radical (unpaired) electrons. The highest BCUT2D eigenvalue weighted by Gasteiger charge is 2.36. The Morgan fingerprint density at radius 1 is 0.962 bits per heavy atom. The Balaban J connectivity index is 1.50. The van der Waals surface area contributed by atoms with Crippen molar-refractivity contribution in [2.45, 2.75) is 32.6 Å². The summed E-state index contributed by atoms with van der Waals surface area (Å²) in [7, 11) is 0. The molecule has 4 heteroatoms. The fraction of sp³-hybridized carbons (Fsp3) is 0.455. The van der Waals surface area contributed by atoms with Gasteiger partial charge in [0.25, 0.3) is 0 Å². The minimum atomic E-state index is 0.0113. The van der Waals surface area contributed by atoms with Crippen LogP contribution < -0.4 is 4.90 Å². The monoisotopic (exact) mass is 350 g/mol. The van der Waals surface area contributed by atoms with Crippen LogP contribution in [0.25, 0.3) is 10.8 Å². The van der Waals surface area contributed by atoms with Crippen LogP contribution >= 0.6 is 0 Å². The van der Waals surface area contributed by atoms with Crippen LogP contribution in [0.15, 0.2) is 42.5 Å². The minimum absolute atomic E-state index is 0.0113. The molecular formula is C22H26N2O2. The molecule has 1 saturated carbocycles. The van der Waals surface area contributed by atoms with Gasteiger partial charge in [0, 0.05) is 36.9 Å². The van der Waals surface area contributed by atoms with Gasteiger partial charge in [-0.2, -0.15) is 0 Å². The highest BCUT2D eigenvalue weighted by Crippen LogP contribution is 2.33. The van der Waals surface area contributed by atoms with E-state index in [9.17, 15) is 9.59 Å². The van der Waals surface area contributed by atoms with Crippen molar-refractivity contribution in [2.75, 3.05) is 24.5 Å². The van der Waals surface area contributed by atoms with E-state index in [-0.39, 0.29) is 17.7 Å². The summed E-state index contributed by atoms with van der Waals surface area (Å²) in [5, 5.41) is 2.27. The Morgan fingerprint density at radius 2 is 1.65 bits per heavy atom. The van der Waals surface area contributed by atoms with Gasteiger partial charge in [-0.15, -0.1) is 0 Å². The zero-order valence-corrected chi connectivity index (χ0v) is 15.4. The molecule has 1 aliphatic carbocycles. The number of piperidine rings is 1. The van der Waals surface area contributed by atoms with E-state index >= 15 is 0 Å². The van der Waals surface area contributed by atoms with Gasteiger partial charge in [0.1, 0.15) is 0 Å². The Kier molecular flexibility index (Phi) is 4.66. The molecule has 4 rings (SSSR count). The van der Waals surface area contributed by atoms with Gasteiger partial charge >= 0.3 is 0 Å². The summed E-state index contributed by atoms with van der Waals surface area (Å²) in [5.41, 5.74) is 0.993. The number of anilines is 1.